The number of carbonyl (C=O) groups excluding carboxylic acids is 2. The number of anilines is 2. The molecule has 2 amide bonds. The molecule has 2 rings (SSSR count). The standard InChI is InChI=1S/C15H16N2O2S/c1-10(2)14(18)16-12-4-3-5-13(8-12)17-15(19)11-6-7-20-9-11/h3-10H,1-2H3,(H,16,18)(H,17,19). The van der Waals surface area contributed by atoms with E-state index in [0.29, 0.717) is 16.9 Å². The van der Waals surface area contributed by atoms with Crippen LogP contribution < -0.4 is 10.6 Å². The first kappa shape index (κ1) is 14.3. The van der Waals surface area contributed by atoms with Gasteiger partial charge in [0.05, 0.1) is 5.56 Å². The van der Waals surface area contributed by atoms with Crippen LogP contribution in [0.3, 0.4) is 0 Å². The summed E-state index contributed by atoms with van der Waals surface area (Å²) in [5.41, 5.74) is 1.96. The number of nitrogens with one attached hydrogen (secondary N) is 2. The molecule has 0 aliphatic heterocycles. The average Bonchev–Trinajstić information content (AvgIpc) is 2.92. The lowest BCUT2D eigenvalue weighted by Gasteiger charge is -2.10. The molecule has 0 aliphatic carbocycles. The van der Waals surface area contributed by atoms with Crippen molar-refractivity contribution >= 4 is 34.5 Å². The second kappa shape index (κ2) is 6.34. The van der Waals surface area contributed by atoms with Crippen LogP contribution in [0.1, 0.15) is 24.2 Å². The number of benzene rings is 1. The summed E-state index contributed by atoms with van der Waals surface area (Å²) in [5.74, 6) is -0.288. The van der Waals surface area contributed by atoms with E-state index < -0.39 is 0 Å². The van der Waals surface area contributed by atoms with Gasteiger partial charge in [0.1, 0.15) is 0 Å². The molecule has 0 aliphatic rings. The lowest BCUT2D eigenvalue weighted by molar-refractivity contribution is -0.118. The summed E-state index contributed by atoms with van der Waals surface area (Å²) in [7, 11) is 0. The molecular formula is C15H16N2O2S. The summed E-state index contributed by atoms with van der Waals surface area (Å²) in [4.78, 5) is 23.6. The first-order valence-electron chi connectivity index (χ1n) is 6.31. The van der Waals surface area contributed by atoms with Crippen molar-refractivity contribution in [2.75, 3.05) is 10.6 Å². The fourth-order valence-electron chi connectivity index (χ4n) is 1.56. The van der Waals surface area contributed by atoms with E-state index in [1.54, 1.807) is 35.7 Å². The van der Waals surface area contributed by atoms with Crippen molar-refractivity contribution in [2.24, 2.45) is 5.92 Å². The molecule has 0 spiro atoms. The minimum absolute atomic E-state index is 0.0497. The summed E-state index contributed by atoms with van der Waals surface area (Å²) in [6.07, 6.45) is 0. The van der Waals surface area contributed by atoms with Crippen molar-refractivity contribution in [3.8, 4) is 0 Å². The van der Waals surface area contributed by atoms with Gasteiger partial charge in [-0.25, -0.2) is 0 Å². The van der Waals surface area contributed by atoms with Gasteiger partial charge in [-0.1, -0.05) is 19.9 Å². The number of carbonyl (C=O) groups is 2. The number of hydrogen-bond donors (Lipinski definition) is 2. The third-order valence-corrected chi connectivity index (χ3v) is 3.38. The van der Waals surface area contributed by atoms with Gasteiger partial charge in [-0.2, -0.15) is 11.3 Å². The molecule has 2 aromatic rings. The Morgan fingerprint density at radius 3 is 2.40 bits per heavy atom. The summed E-state index contributed by atoms with van der Waals surface area (Å²) in [6, 6.07) is 8.88. The van der Waals surface area contributed by atoms with Crippen LogP contribution in [0.15, 0.2) is 41.1 Å². The summed E-state index contributed by atoms with van der Waals surface area (Å²) in [6.45, 7) is 3.66. The first-order valence-corrected chi connectivity index (χ1v) is 7.25. The van der Waals surface area contributed by atoms with Crippen LogP contribution in [-0.4, -0.2) is 11.8 Å². The number of rotatable bonds is 4. The Labute approximate surface area is 121 Å². The zero-order chi connectivity index (χ0) is 14.5. The number of amides is 2. The van der Waals surface area contributed by atoms with Crippen LogP contribution in [0.4, 0.5) is 11.4 Å². The van der Waals surface area contributed by atoms with Gasteiger partial charge >= 0.3 is 0 Å². The molecule has 104 valence electrons. The first-order chi connectivity index (χ1) is 9.56. The Morgan fingerprint density at radius 2 is 1.80 bits per heavy atom. The maximum absolute atomic E-state index is 11.9. The van der Waals surface area contributed by atoms with E-state index in [2.05, 4.69) is 10.6 Å². The van der Waals surface area contributed by atoms with Crippen molar-refractivity contribution < 1.29 is 9.59 Å². The lowest BCUT2D eigenvalue weighted by Crippen LogP contribution is -2.18. The van der Waals surface area contributed by atoms with Crippen molar-refractivity contribution in [3.05, 3.63) is 46.7 Å². The van der Waals surface area contributed by atoms with Gasteiger partial charge in [0.2, 0.25) is 5.91 Å². The molecule has 0 bridgehead atoms. The minimum Gasteiger partial charge on any atom is -0.326 e. The fraction of sp³-hybridized carbons (Fsp3) is 0.200. The van der Waals surface area contributed by atoms with E-state index in [-0.39, 0.29) is 17.7 Å². The molecule has 0 saturated heterocycles. The molecule has 0 unspecified atom stereocenters. The number of thiophene rings is 1. The zero-order valence-corrected chi connectivity index (χ0v) is 12.2. The molecule has 20 heavy (non-hydrogen) atoms. The third kappa shape index (κ3) is 3.68. The summed E-state index contributed by atoms with van der Waals surface area (Å²) < 4.78 is 0. The Hall–Kier alpha value is -2.14. The van der Waals surface area contributed by atoms with Gasteiger partial charge in [0.15, 0.2) is 0 Å². The smallest absolute Gasteiger partial charge is 0.256 e. The molecule has 1 aromatic heterocycles. The van der Waals surface area contributed by atoms with Crippen LogP contribution in [0.25, 0.3) is 0 Å². The molecule has 2 N–H and O–H groups in total. The molecule has 0 atom stereocenters. The second-order valence-electron chi connectivity index (χ2n) is 4.69. The predicted molar refractivity (Wildman–Crippen MR) is 82.2 cm³/mol. The van der Waals surface area contributed by atoms with Gasteiger partial charge in [-0.15, -0.1) is 0 Å². The van der Waals surface area contributed by atoms with Crippen LogP contribution in [0, 0.1) is 5.92 Å². The quantitative estimate of drug-likeness (QED) is 0.903. The van der Waals surface area contributed by atoms with Gasteiger partial charge in [0, 0.05) is 22.7 Å². The topological polar surface area (TPSA) is 58.2 Å². The Morgan fingerprint density at radius 1 is 1.10 bits per heavy atom. The van der Waals surface area contributed by atoms with Crippen molar-refractivity contribution in [2.45, 2.75) is 13.8 Å². The highest BCUT2D eigenvalue weighted by atomic mass is 32.1. The average molecular weight is 288 g/mol. The molecular weight excluding hydrogens is 272 g/mol. The summed E-state index contributed by atoms with van der Waals surface area (Å²) >= 11 is 1.48. The van der Waals surface area contributed by atoms with Crippen molar-refractivity contribution in [1.29, 1.82) is 0 Å². The monoisotopic (exact) mass is 288 g/mol. The van der Waals surface area contributed by atoms with Gasteiger partial charge in [-0.3, -0.25) is 9.59 Å². The van der Waals surface area contributed by atoms with Crippen molar-refractivity contribution in [3.63, 3.8) is 0 Å². The molecule has 1 heterocycles. The van der Waals surface area contributed by atoms with E-state index in [1.807, 2.05) is 19.2 Å². The largest absolute Gasteiger partial charge is 0.326 e. The van der Waals surface area contributed by atoms with E-state index in [0.717, 1.165) is 0 Å². The highest BCUT2D eigenvalue weighted by Gasteiger charge is 2.09. The normalized spacial score (nSPS) is 10.3. The molecule has 0 saturated carbocycles. The second-order valence-corrected chi connectivity index (χ2v) is 5.47. The predicted octanol–water partition coefficient (Wildman–Crippen LogP) is 3.59. The zero-order valence-electron chi connectivity index (χ0n) is 11.3. The van der Waals surface area contributed by atoms with Gasteiger partial charge in [0.25, 0.3) is 5.91 Å². The van der Waals surface area contributed by atoms with Crippen molar-refractivity contribution in [1.82, 2.24) is 0 Å². The Balaban J connectivity index is 2.06. The highest BCUT2D eigenvalue weighted by Crippen LogP contribution is 2.17. The van der Waals surface area contributed by atoms with Crippen LogP contribution in [0.5, 0.6) is 0 Å². The van der Waals surface area contributed by atoms with E-state index in [1.165, 1.54) is 11.3 Å². The van der Waals surface area contributed by atoms with E-state index in [4.69, 9.17) is 0 Å². The fourth-order valence-corrected chi connectivity index (χ4v) is 2.19. The summed E-state index contributed by atoms with van der Waals surface area (Å²) in [5, 5.41) is 9.25. The SMILES string of the molecule is CC(C)C(=O)Nc1cccc(NC(=O)c2ccsc2)c1. The maximum Gasteiger partial charge on any atom is 0.256 e. The molecule has 1 aromatic carbocycles. The third-order valence-electron chi connectivity index (χ3n) is 2.70. The van der Waals surface area contributed by atoms with Crippen LogP contribution in [0.2, 0.25) is 0 Å². The van der Waals surface area contributed by atoms with E-state index >= 15 is 0 Å². The van der Waals surface area contributed by atoms with Gasteiger partial charge < -0.3 is 10.6 Å². The maximum atomic E-state index is 11.9. The van der Waals surface area contributed by atoms with Gasteiger partial charge in [-0.05, 0) is 29.6 Å². The van der Waals surface area contributed by atoms with Crippen LogP contribution in [-0.2, 0) is 4.79 Å². The minimum atomic E-state index is -0.154. The van der Waals surface area contributed by atoms with E-state index in [9.17, 15) is 9.59 Å². The highest BCUT2D eigenvalue weighted by molar-refractivity contribution is 7.08. The molecule has 4 nitrogen and oxygen atoms in total. The Kier molecular flexibility index (Phi) is 4.53. The van der Waals surface area contributed by atoms with Crippen LogP contribution >= 0.6 is 11.3 Å². The molecule has 5 heteroatoms. The molecule has 0 fully saturated rings. The lowest BCUT2D eigenvalue weighted by atomic mass is 10.2. The Bertz CT molecular complexity index is 606. The molecule has 0 radical (unpaired) electrons. The number of hydrogen-bond acceptors (Lipinski definition) is 3.